The smallest absolute Gasteiger partial charge is 0.410 e. The molecule has 45 heavy (non-hydrogen) atoms. The summed E-state index contributed by atoms with van der Waals surface area (Å²) in [6, 6.07) is 2.81. The first-order chi connectivity index (χ1) is 21.2. The van der Waals surface area contributed by atoms with E-state index in [9.17, 15) is 29.4 Å². The van der Waals surface area contributed by atoms with Gasteiger partial charge in [-0.25, -0.2) is 9.59 Å². The summed E-state index contributed by atoms with van der Waals surface area (Å²) in [6.07, 6.45) is 3.36. The van der Waals surface area contributed by atoms with Crippen LogP contribution in [-0.2, 0) is 40.4 Å². The van der Waals surface area contributed by atoms with Crippen LogP contribution in [0, 0.1) is 5.92 Å². The SMILES string of the molecule is C[C@H](OC(=O)CCNC(=O)[C@@H]1CCCN1C(=O)OC(C)(C)C)C(=O)OC1=CC[C@@]2(O)[C@@H]3CCC[C@@]24c2c(ccc(O)c2O[C@@H]14)C3. The second-order valence-electron chi connectivity index (χ2n) is 13.9. The Morgan fingerprint density at radius 3 is 2.71 bits per heavy atom. The maximum atomic E-state index is 13.1. The summed E-state index contributed by atoms with van der Waals surface area (Å²) in [4.78, 5) is 52.3. The van der Waals surface area contributed by atoms with Crippen LogP contribution in [0.5, 0.6) is 11.5 Å². The van der Waals surface area contributed by atoms with E-state index in [1.165, 1.54) is 11.8 Å². The number of hydrogen-bond donors (Lipinski definition) is 3. The number of aliphatic hydroxyl groups is 1. The predicted octanol–water partition coefficient (Wildman–Crippen LogP) is 3.15. The van der Waals surface area contributed by atoms with Gasteiger partial charge in [-0.15, -0.1) is 0 Å². The van der Waals surface area contributed by atoms with Crippen molar-refractivity contribution in [2.24, 2.45) is 5.92 Å². The van der Waals surface area contributed by atoms with E-state index in [1.807, 2.05) is 6.07 Å². The summed E-state index contributed by atoms with van der Waals surface area (Å²) >= 11 is 0. The molecule has 6 atom stereocenters. The molecule has 1 aromatic carbocycles. The first-order valence-electron chi connectivity index (χ1n) is 15.9. The molecule has 5 aliphatic rings. The molecule has 1 saturated heterocycles. The monoisotopic (exact) mass is 626 g/mol. The highest BCUT2D eigenvalue weighted by Gasteiger charge is 2.71. The van der Waals surface area contributed by atoms with E-state index in [0.717, 1.165) is 24.0 Å². The second-order valence-corrected chi connectivity index (χ2v) is 13.9. The van der Waals surface area contributed by atoms with Gasteiger partial charge in [-0.2, -0.15) is 0 Å². The number of aromatic hydroxyl groups is 1. The van der Waals surface area contributed by atoms with Crippen molar-refractivity contribution in [2.45, 2.75) is 114 Å². The summed E-state index contributed by atoms with van der Waals surface area (Å²) < 4.78 is 22.8. The largest absolute Gasteiger partial charge is 0.504 e. The minimum atomic E-state index is -1.25. The first kappa shape index (κ1) is 31.2. The lowest BCUT2D eigenvalue weighted by atomic mass is 9.47. The number of ether oxygens (including phenoxy) is 4. The zero-order valence-corrected chi connectivity index (χ0v) is 26.2. The van der Waals surface area contributed by atoms with Crippen LogP contribution in [0.2, 0.25) is 0 Å². The number of phenols is 1. The van der Waals surface area contributed by atoms with Crippen LogP contribution in [-0.4, -0.2) is 81.6 Å². The van der Waals surface area contributed by atoms with Gasteiger partial charge in [0.05, 0.1) is 17.4 Å². The maximum Gasteiger partial charge on any atom is 0.410 e. The number of nitrogens with one attached hydrogen (secondary N) is 1. The highest BCUT2D eigenvalue weighted by molar-refractivity contribution is 5.86. The predicted molar refractivity (Wildman–Crippen MR) is 158 cm³/mol. The van der Waals surface area contributed by atoms with Gasteiger partial charge in [0, 0.05) is 18.7 Å². The fraction of sp³-hybridized carbons (Fsp3) is 0.636. The van der Waals surface area contributed by atoms with Crippen molar-refractivity contribution in [1.29, 1.82) is 0 Å². The van der Waals surface area contributed by atoms with Gasteiger partial charge in [-0.3, -0.25) is 14.5 Å². The van der Waals surface area contributed by atoms with Gasteiger partial charge in [-0.05, 0) is 89.8 Å². The van der Waals surface area contributed by atoms with Crippen LogP contribution in [0.4, 0.5) is 4.79 Å². The number of hydrogen-bond acceptors (Lipinski definition) is 10. The summed E-state index contributed by atoms with van der Waals surface area (Å²) in [5, 5.41) is 25.4. The fourth-order valence-electron chi connectivity index (χ4n) is 8.02. The standard InChI is InChI=1S/C33H42N2O10/c1-18(42-24(37)12-15-34-28(38)21-8-6-16-35(21)30(40)45-31(2,3)4)29(39)43-23-11-14-33(41)20-7-5-13-32(33)25-19(17-20)9-10-22(36)26(25)44-27(23)32/h9-11,18,20-21,27,36,41H,5-8,12-17H2,1-4H3,(H,34,38)/t18-,20+,21-,27-,32-,33+/m0/s1. The maximum absolute atomic E-state index is 13.1. The fourth-order valence-corrected chi connectivity index (χ4v) is 8.02. The molecule has 3 N–H and O–H groups in total. The lowest BCUT2D eigenvalue weighted by molar-refractivity contribution is -0.171. The van der Waals surface area contributed by atoms with E-state index in [1.54, 1.807) is 32.9 Å². The van der Waals surface area contributed by atoms with E-state index >= 15 is 0 Å². The number of likely N-dealkylation sites (tertiary alicyclic amines) is 1. The number of amides is 2. The van der Waals surface area contributed by atoms with Gasteiger partial charge in [0.25, 0.3) is 0 Å². The summed E-state index contributed by atoms with van der Waals surface area (Å²) in [5.74, 6) is -1.34. The van der Waals surface area contributed by atoms with Crippen molar-refractivity contribution in [1.82, 2.24) is 10.2 Å². The molecule has 1 aromatic rings. The topological polar surface area (TPSA) is 161 Å². The first-order valence-corrected chi connectivity index (χ1v) is 15.9. The summed E-state index contributed by atoms with van der Waals surface area (Å²) in [7, 11) is 0. The Bertz CT molecular complexity index is 1450. The van der Waals surface area contributed by atoms with Crippen LogP contribution in [0.15, 0.2) is 24.0 Å². The van der Waals surface area contributed by atoms with E-state index in [2.05, 4.69) is 5.32 Å². The molecule has 2 heterocycles. The quantitative estimate of drug-likeness (QED) is 0.303. The van der Waals surface area contributed by atoms with Crippen LogP contribution in [0.3, 0.4) is 0 Å². The summed E-state index contributed by atoms with van der Waals surface area (Å²) in [6.45, 7) is 7.05. The number of esters is 2. The zero-order chi connectivity index (χ0) is 32.3. The van der Waals surface area contributed by atoms with Crippen LogP contribution in [0.25, 0.3) is 0 Å². The number of rotatable bonds is 7. The average Bonchev–Trinajstić information content (AvgIpc) is 3.58. The van der Waals surface area contributed by atoms with Crippen molar-refractivity contribution in [3.63, 3.8) is 0 Å². The Balaban J connectivity index is 1.04. The normalized spacial score (nSPS) is 29.9. The third kappa shape index (κ3) is 5.20. The third-order valence-electron chi connectivity index (χ3n) is 9.93. The Kier molecular flexibility index (Phi) is 7.78. The molecular weight excluding hydrogens is 584 g/mol. The van der Waals surface area contributed by atoms with Gasteiger partial charge in [0.1, 0.15) is 17.4 Å². The molecule has 2 bridgehead atoms. The Labute approximate surface area is 262 Å². The minimum absolute atomic E-state index is 0.0169. The van der Waals surface area contributed by atoms with E-state index < -0.39 is 52.9 Å². The van der Waals surface area contributed by atoms with Crippen molar-refractivity contribution in [3.05, 3.63) is 35.1 Å². The molecule has 2 amide bonds. The van der Waals surface area contributed by atoms with Crippen LogP contribution < -0.4 is 10.1 Å². The minimum Gasteiger partial charge on any atom is -0.504 e. The van der Waals surface area contributed by atoms with Crippen molar-refractivity contribution >= 4 is 23.9 Å². The van der Waals surface area contributed by atoms with Crippen molar-refractivity contribution < 1.29 is 48.3 Å². The third-order valence-corrected chi connectivity index (χ3v) is 9.93. The number of carbonyl (C=O) groups is 4. The van der Waals surface area contributed by atoms with Gasteiger partial charge >= 0.3 is 18.0 Å². The summed E-state index contributed by atoms with van der Waals surface area (Å²) in [5.41, 5.74) is -0.788. The van der Waals surface area contributed by atoms with E-state index in [0.29, 0.717) is 38.0 Å². The van der Waals surface area contributed by atoms with E-state index in [4.69, 9.17) is 18.9 Å². The molecule has 12 heteroatoms. The molecule has 244 valence electrons. The molecule has 0 radical (unpaired) electrons. The molecule has 0 aromatic heterocycles. The van der Waals surface area contributed by atoms with Crippen molar-refractivity contribution in [2.75, 3.05) is 13.1 Å². The number of benzene rings is 1. The molecule has 2 aliphatic heterocycles. The molecule has 12 nitrogen and oxygen atoms in total. The Morgan fingerprint density at radius 1 is 1.18 bits per heavy atom. The molecule has 0 unspecified atom stereocenters. The van der Waals surface area contributed by atoms with Gasteiger partial charge < -0.3 is 34.5 Å². The van der Waals surface area contributed by atoms with Crippen LogP contribution in [0.1, 0.15) is 83.8 Å². The number of nitrogens with zero attached hydrogens (tertiary/aromatic N) is 1. The molecule has 1 saturated carbocycles. The van der Waals surface area contributed by atoms with Crippen LogP contribution >= 0.6 is 0 Å². The Morgan fingerprint density at radius 2 is 1.96 bits per heavy atom. The average molecular weight is 627 g/mol. The molecular formula is C33H42N2O10. The highest BCUT2D eigenvalue weighted by atomic mass is 16.6. The Hall–Kier alpha value is -3.80. The van der Waals surface area contributed by atoms with Gasteiger partial charge in [0.2, 0.25) is 5.91 Å². The molecule has 2 fully saturated rings. The highest BCUT2D eigenvalue weighted by Crippen LogP contribution is 2.67. The number of carbonyl (C=O) groups excluding carboxylic acids is 4. The second kappa shape index (κ2) is 11.2. The lowest BCUT2D eigenvalue weighted by Crippen LogP contribution is -2.67. The molecule has 3 aliphatic carbocycles. The van der Waals surface area contributed by atoms with Gasteiger partial charge in [-0.1, -0.05) is 12.5 Å². The molecule has 6 rings (SSSR count). The number of phenolic OH excluding ortho intramolecular Hbond substituents is 1. The van der Waals surface area contributed by atoms with Gasteiger partial charge in [0.15, 0.2) is 23.7 Å². The zero-order valence-electron chi connectivity index (χ0n) is 26.2. The molecule has 1 spiro atoms. The van der Waals surface area contributed by atoms with E-state index in [-0.39, 0.29) is 42.7 Å². The van der Waals surface area contributed by atoms with Crippen molar-refractivity contribution in [3.8, 4) is 11.5 Å². The lowest BCUT2D eigenvalue weighted by Gasteiger charge is -2.59.